The summed E-state index contributed by atoms with van der Waals surface area (Å²) in [4.78, 5) is 25.9. The van der Waals surface area contributed by atoms with Gasteiger partial charge in [-0.1, -0.05) is 61.5 Å². The number of benzene rings is 3. The van der Waals surface area contributed by atoms with Crippen LogP contribution in [0.3, 0.4) is 0 Å². The lowest BCUT2D eigenvalue weighted by Crippen LogP contribution is -2.32. The minimum atomic E-state index is -0.893. The van der Waals surface area contributed by atoms with Crippen LogP contribution in [0.15, 0.2) is 72.8 Å². The predicted octanol–water partition coefficient (Wildman–Crippen LogP) is 6.74. The summed E-state index contributed by atoms with van der Waals surface area (Å²) < 4.78 is 14.8. The van der Waals surface area contributed by atoms with E-state index >= 15 is 0 Å². The second-order valence-corrected chi connectivity index (χ2v) is 9.25. The third-order valence-electron chi connectivity index (χ3n) is 6.52. The number of para-hydroxylation sites is 1. The Hall–Kier alpha value is -3.60. The topological polar surface area (TPSA) is 66.8 Å². The fourth-order valence-electron chi connectivity index (χ4n) is 4.23. The van der Waals surface area contributed by atoms with Crippen LogP contribution in [-0.2, 0) is 17.8 Å². The first kappa shape index (κ1) is 24.1. The molecule has 0 heterocycles. The van der Waals surface area contributed by atoms with Crippen molar-refractivity contribution in [3.8, 4) is 16.9 Å². The molecule has 5 nitrogen and oxygen atoms in total. The lowest BCUT2D eigenvalue weighted by atomic mass is 10.0. The van der Waals surface area contributed by atoms with E-state index in [-0.39, 0.29) is 12.3 Å². The second kappa shape index (κ2) is 12.4. The lowest BCUT2D eigenvalue weighted by Gasteiger charge is -2.24. The van der Waals surface area contributed by atoms with Crippen LogP contribution >= 0.6 is 0 Å². The van der Waals surface area contributed by atoms with E-state index < -0.39 is 12.0 Å². The van der Waals surface area contributed by atoms with E-state index in [9.17, 15) is 9.59 Å². The Morgan fingerprint density at radius 1 is 0.944 bits per heavy atom. The van der Waals surface area contributed by atoms with Gasteiger partial charge in [0.2, 0.25) is 0 Å². The fourth-order valence-corrected chi connectivity index (χ4v) is 4.23. The van der Waals surface area contributed by atoms with Crippen molar-refractivity contribution in [3.05, 3.63) is 89.5 Å². The first-order chi connectivity index (χ1) is 17.9. The molecule has 0 aliphatic heterocycles. The van der Waals surface area contributed by atoms with E-state index in [1.165, 1.54) is 5.56 Å². The van der Waals surface area contributed by atoms with Gasteiger partial charge < -0.3 is 14.7 Å². The van der Waals surface area contributed by atoms with Gasteiger partial charge in [0.1, 0.15) is 5.75 Å². The Kier molecular flexibility index (Phi) is 8.30. The highest BCUT2D eigenvalue weighted by atomic mass is 16.5. The standard InChI is InChI=1S/C31H35NO4/c1-2-23-11-13-24(14-12-23)25-15-17-26(18-16-25)31(35)32(28-19-20-28)22-27-8-5-6-9-29(27)36-21-7-3-4-10-30(33)34/h5-6,8-9,11-18,28H,2-4,7,10,19-22H2,1H3,(H,33,34)/i28D. The maximum absolute atomic E-state index is 13.6. The molecule has 0 aromatic heterocycles. The summed E-state index contributed by atoms with van der Waals surface area (Å²) in [7, 11) is 0. The Morgan fingerprint density at radius 2 is 1.61 bits per heavy atom. The monoisotopic (exact) mass is 486 g/mol. The molecule has 1 fully saturated rings. The number of carbonyl (C=O) groups excluding carboxylic acids is 1. The largest absolute Gasteiger partial charge is 0.493 e. The number of amides is 1. The van der Waals surface area contributed by atoms with E-state index in [4.69, 9.17) is 11.2 Å². The molecule has 36 heavy (non-hydrogen) atoms. The van der Waals surface area contributed by atoms with Crippen LogP contribution in [0.2, 0.25) is 0 Å². The van der Waals surface area contributed by atoms with Crippen molar-refractivity contribution >= 4 is 11.9 Å². The molecular formula is C31H35NO4. The predicted molar refractivity (Wildman–Crippen MR) is 142 cm³/mol. The van der Waals surface area contributed by atoms with E-state index in [0.717, 1.165) is 36.0 Å². The molecule has 0 atom stereocenters. The number of carbonyl (C=O) groups is 2. The normalized spacial score (nSPS) is 14.1. The van der Waals surface area contributed by atoms with Gasteiger partial charge in [-0.2, -0.15) is 0 Å². The summed E-state index contributed by atoms with van der Waals surface area (Å²) in [6, 6.07) is 22.9. The Balaban J connectivity index is 1.44. The zero-order valence-electron chi connectivity index (χ0n) is 21.9. The van der Waals surface area contributed by atoms with E-state index in [1.807, 2.05) is 48.5 Å². The molecule has 0 radical (unpaired) electrons. The smallest absolute Gasteiger partial charge is 0.303 e. The van der Waals surface area contributed by atoms with Crippen molar-refractivity contribution in [2.75, 3.05) is 6.61 Å². The average Bonchev–Trinajstić information content (AvgIpc) is 3.67. The molecule has 0 bridgehead atoms. The number of carboxylic acids is 1. The van der Waals surface area contributed by atoms with Gasteiger partial charge >= 0.3 is 5.97 Å². The van der Waals surface area contributed by atoms with Gasteiger partial charge in [0.15, 0.2) is 0 Å². The first-order valence-electron chi connectivity index (χ1n) is 13.3. The summed E-state index contributed by atoms with van der Waals surface area (Å²) in [5.74, 6) is -0.224. The molecule has 5 heteroatoms. The van der Waals surface area contributed by atoms with Crippen LogP contribution in [0, 0.1) is 0 Å². The number of aryl methyl sites for hydroxylation is 1. The highest BCUT2D eigenvalue weighted by Gasteiger charge is 2.33. The third-order valence-corrected chi connectivity index (χ3v) is 6.52. The van der Waals surface area contributed by atoms with Crippen LogP contribution in [0.5, 0.6) is 5.75 Å². The summed E-state index contributed by atoms with van der Waals surface area (Å²) in [5.41, 5.74) is 4.90. The second-order valence-electron chi connectivity index (χ2n) is 9.25. The summed E-state index contributed by atoms with van der Waals surface area (Å²) in [6.45, 7) is 2.92. The number of hydrogen-bond acceptors (Lipinski definition) is 3. The van der Waals surface area contributed by atoms with Gasteiger partial charge in [0, 0.05) is 30.1 Å². The van der Waals surface area contributed by atoms with E-state index in [1.54, 1.807) is 4.90 Å². The molecule has 1 aliphatic rings. The van der Waals surface area contributed by atoms with E-state index in [2.05, 4.69) is 31.2 Å². The van der Waals surface area contributed by atoms with Crippen LogP contribution in [0.25, 0.3) is 11.1 Å². The molecule has 3 aromatic carbocycles. The van der Waals surface area contributed by atoms with Crippen LogP contribution < -0.4 is 4.74 Å². The Bertz CT molecular complexity index is 1200. The quantitative estimate of drug-likeness (QED) is 0.272. The van der Waals surface area contributed by atoms with Crippen molar-refractivity contribution in [1.82, 2.24) is 4.90 Å². The maximum atomic E-state index is 13.6. The molecule has 1 N–H and O–H groups in total. The molecule has 188 valence electrons. The molecule has 0 unspecified atom stereocenters. The maximum Gasteiger partial charge on any atom is 0.303 e. The Labute approximate surface area is 215 Å². The van der Waals surface area contributed by atoms with Crippen LogP contribution in [-0.4, -0.2) is 34.5 Å². The average molecular weight is 487 g/mol. The molecule has 1 aliphatic carbocycles. The fraction of sp³-hybridized carbons (Fsp3) is 0.355. The zero-order chi connectivity index (χ0) is 26.3. The van der Waals surface area contributed by atoms with Crippen LogP contribution in [0.1, 0.15) is 68.3 Å². The zero-order valence-corrected chi connectivity index (χ0v) is 20.9. The van der Waals surface area contributed by atoms with Gasteiger partial charge in [-0.25, -0.2) is 0 Å². The van der Waals surface area contributed by atoms with Gasteiger partial charge in [-0.15, -0.1) is 0 Å². The highest BCUT2D eigenvalue weighted by Crippen LogP contribution is 2.32. The minimum Gasteiger partial charge on any atom is -0.493 e. The number of carboxylic acid groups (broad SMARTS) is 1. The number of unbranched alkanes of at least 4 members (excludes halogenated alkanes) is 2. The molecule has 1 saturated carbocycles. The Morgan fingerprint density at radius 3 is 2.25 bits per heavy atom. The molecule has 4 rings (SSSR count). The molecule has 3 aromatic rings. The number of aliphatic carboxylic acids is 1. The number of rotatable bonds is 13. The minimum absolute atomic E-state index is 0.149. The highest BCUT2D eigenvalue weighted by molar-refractivity contribution is 5.95. The van der Waals surface area contributed by atoms with E-state index in [0.29, 0.717) is 43.7 Å². The molecule has 1 amide bonds. The lowest BCUT2D eigenvalue weighted by molar-refractivity contribution is -0.137. The molecular weight excluding hydrogens is 450 g/mol. The summed E-state index contributed by atoms with van der Waals surface area (Å²) >= 11 is 0. The van der Waals surface area contributed by atoms with Gasteiger partial charge in [0.05, 0.1) is 7.98 Å². The van der Waals surface area contributed by atoms with Crippen molar-refractivity contribution in [2.45, 2.75) is 64.4 Å². The van der Waals surface area contributed by atoms with Gasteiger partial charge in [-0.05, 0) is 73.4 Å². The summed E-state index contributed by atoms with van der Waals surface area (Å²) in [5, 5.41) is 8.77. The van der Waals surface area contributed by atoms with Crippen molar-refractivity contribution in [1.29, 1.82) is 0 Å². The van der Waals surface area contributed by atoms with Crippen LogP contribution in [0.4, 0.5) is 0 Å². The van der Waals surface area contributed by atoms with Gasteiger partial charge in [0.25, 0.3) is 5.91 Å². The summed E-state index contributed by atoms with van der Waals surface area (Å²) in [6.07, 6.45) is 4.67. The third kappa shape index (κ3) is 6.97. The molecule has 0 saturated heterocycles. The number of nitrogens with zero attached hydrogens (tertiary/aromatic N) is 1. The van der Waals surface area contributed by atoms with Crippen molar-refractivity contribution < 1.29 is 20.8 Å². The number of hydrogen-bond donors (Lipinski definition) is 1. The first-order valence-corrected chi connectivity index (χ1v) is 12.8. The van der Waals surface area contributed by atoms with Gasteiger partial charge in [-0.3, -0.25) is 9.59 Å². The number of ether oxygens (including phenoxy) is 1. The SMILES string of the molecule is [2H]C1(N(Cc2ccccc2OCCCCCC(=O)O)C(=O)c2ccc(-c3ccc(CC)cc3)cc2)CC1. The van der Waals surface area contributed by atoms with Crippen molar-refractivity contribution in [2.24, 2.45) is 0 Å². The van der Waals surface area contributed by atoms with Crippen molar-refractivity contribution in [3.63, 3.8) is 0 Å². The molecule has 0 spiro atoms.